The van der Waals surface area contributed by atoms with Crippen molar-refractivity contribution in [3.8, 4) is 0 Å². The summed E-state index contributed by atoms with van der Waals surface area (Å²) in [5.74, 6) is 2.06. The number of rotatable bonds is 4. The molecule has 0 aliphatic heterocycles. The third kappa shape index (κ3) is 2.58. The van der Waals surface area contributed by atoms with Gasteiger partial charge in [0.2, 0.25) is 6.29 Å². The van der Waals surface area contributed by atoms with Crippen molar-refractivity contribution in [2.75, 3.05) is 0 Å². The van der Waals surface area contributed by atoms with Crippen LogP contribution in [0.3, 0.4) is 0 Å². The summed E-state index contributed by atoms with van der Waals surface area (Å²) in [6.07, 6.45) is 7.32. The highest BCUT2D eigenvalue weighted by Gasteiger charge is 2.44. The number of allylic oxidation sites excluding steroid dienone is 1. The molecule has 2 saturated carbocycles. The molecule has 2 fully saturated rings. The standard InChI is InChI=1S/C16H24O3/c1-9(2)16(17)19-10(3)18-15-13-5-11-4-12(7-13)8-14(15)6-11/h5,9-12,14-15H,4,6-8H2,1-3H3. The lowest BCUT2D eigenvalue weighted by Gasteiger charge is -2.49. The van der Waals surface area contributed by atoms with Gasteiger partial charge < -0.3 is 9.47 Å². The number of carbonyl (C=O) groups excluding carboxylic acids is 1. The Labute approximate surface area is 115 Å². The highest BCUT2D eigenvalue weighted by atomic mass is 16.7. The number of esters is 1. The highest BCUT2D eigenvalue weighted by Crippen LogP contribution is 2.51. The molecule has 106 valence electrons. The summed E-state index contributed by atoms with van der Waals surface area (Å²) < 4.78 is 11.4. The van der Waals surface area contributed by atoms with Crippen LogP contribution in [0, 0.1) is 23.7 Å². The molecule has 19 heavy (non-hydrogen) atoms. The largest absolute Gasteiger partial charge is 0.436 e. The van der Waals surface area contributed by atoms with Crippen molar-refractivity contribution in [1.29, 1.82) is 0 Å². The molecule has 4 aliphatic rings. The van der Waals surface area contributed by atoms with Gasteiger partial charge in [-0.25, -0.2) is 0 Å². The van der Waals surface area contributed by atoms with E-state index in [0.29, 0.717) is 5.92 Å². The quantitative estimate of drug-likeness (QED) is 0.444. The second-order valence-corrected chi connectivity index (χ2v) is 6.75. The lowest BCUT2D eigenvalue weighted by molar-refractivity contribution is -0.194. The molecule has 3 heteroatoms. The van der Waals surface area contributed by atoms with Crippen LogP contribution in [0.5, 0.6) is 0 Å². The first-order valence-corrected chi connectivity index (χ1v) is 7.59. The average Bonchev–Trinajstić information content (AvgIpc) is 2.32. The van der Waals surface area contributed by atoms with Gasteiger partial charge in [-0.2, -0.15) is 0 Å². The Balaban J connectivity index is 1.61. The molecule has 4 bridgehead atoms. The fourth-order valence-electron chi connectivity index (χ4n) is 4.03. The van der Waals surface area contributed by atoms with E-state index in [9.17, 15) is 4.79 Å². The SMILES string of the molecule is CC(OC(=O)C(C)C)OC1C2=CC3CC(C2)CC1C3. The van der Waals surface area contributed by atoms with Crippen LogP contribution in [0.25, 0.3) is 0 Å². The molecule has 0 N–H and O–H groups in total. The molecule has 4 aliphatic carbocycles. The van der Waals surface area contributed by atoms with E-state index < -0.39 is 6.29 Å². The molecular formula is C16H24O3. The van der Waals surface area contributed by atoms with E-state index in [2.05, 4.69) is 6.08 Å². The molecule has 0 aromatic rings. The lowest BCUT2D eigenvalue weighted by Crippen LogP contribution is -2.44. The molecule has 5 unspecified atom stereocenters. The van der Waals surface area contributed by atoms with Gasteiger partial charge in [-0.15, -0.1) is 0 Å². The highest BCUT2D eigenvalue weighted by molar-refractivity contribution is 5.71. The van der Waals surface area contributed by atoms with Gasteiger partial charge in [-0.05, 0) is 55.9 Å². The van der Waals surface area contributed by atoms with Crippen molar-refractivity contribution in [2.24, 2.45) is 23.7 Å². The van der Waals surface area contributed by atoms with E-state index in [-0.39, 0.29) is 18.0 Å². The van der Waals surface area contributed by atoms with Crippen molar-refractivity contribution in [3.63, 3.8) is 0 Å². The predicted octanol–water partition coefficient (Wildman–Crippen LogP) is 3.29. The summed E-state index contributed by atoms with van der Waals surface area (Å²) >= 11 is 0. The summed E-state index contributed by atoms with van der Waals surface area (Å²) in [5, 5.41) is 0. The van der Waals surface area contributed by atoms with Crippen LogP contribution in [-0.4, -0.2) is 18.4 Å². The smallest absolute Gasteiger partial charge is 0.310 e. The molecule has 0 saturated heterocycles. The Hall–Kier alpha value is -0.830. The van der Waals surface area contributed by atoms with E-state index in [1.54, 1.807) is 0 Å². The number of ether oxygens (including phenoxy) is 2. The van der Waals surface area contributed by atoms with Crippen LogP contribution < -0.4 is 0 Å². The molecule has 0 heterocycles. The van der Waals surface area contributed by atoms with Crippen LogP contribution >= 0.6 is 0 Å². The minimum atomic E-state index is -0.432. The summed E-state index contributed by atoms with van der Waals surface area (Å²) in [6.45, 7) is 5.53. The molecule has 0 spiro atoms. The maximum atomic E-state index is 11.6. The van der Waals surface area contributed by atoms with Gasteiger partial charge in [0.15, 0.2) is 0 Å². The zero-order valence-corrected chi connectivity index (χ0v) is 12.1. The van der Waals surface area contributed by atoms with E-state index >= 15 is 0 Å². The van der Waals surface area contributed by atoms with E-state index in [1.807, 2.05) is 20.8 Å². The maximum Gasteiger partial charge on any atom is 0.310 e. The van der Waals surface area contributed by atoms with Crippen LogP contribution in [-0.2, 0) is 14.3 Å². The van der Waals surface area contributed by atoms with Crippen LogP contribution in [0.1, 0.15) is 46.5 Å². The first-order valence-electron chi connectivity index (χ1n) is 7.59. The molecule has 0 amide bonds. The first-order chi connectivity index (χ1) is 9.02. The van der Waals surface area contributed by atoms with Gasteiger partial charge in [-0.1, -0.05) is 19.9 Å². The summed E-state index contributed by atoms with van der Waals surface area (Å²) in [5.41, 5.74) is 1.47. The van der Waals surface area contributed by atoms with Gasteiger partial charge in [0.1, 0.15) is 0 Å². The Morgan fingerprint density at radius 3 is 2.68 bits per heavy atom. The van der Waals surface area contributed by atoms with Crippen molar-refractivity contribution in [2.45, 2.75) is 58.8 Å². The minimum Gasteiger partial charge on any atom is -0.436 e. The van der Waals surface area contributed by atoms with E-state index in [4.69, 9.17) is 9.47 Å². The summed E-state index contributed by atoms with van der Waals surface area (Å²) in [4.78, 5) is 11.6. The van der Waals surface area contributed by atoms with Crippen LogP contribution in [0.15, 0.2) is 11.6 Å². The van der Waals surface area contributed by atoms with E-state index in [0.717, 1.165) is 11.8 Å². The van der Waals surface area contributed by atoms with Gasteiger partial charge in [0, 0.05) is 0 Å². The average molecular weight is 264 g/mol. The molecule has 4 rings (SSSR count). The zero-order valence-electron chi connectivity index (χ0n) is 12.1. The Morgan fingerprint density at radius 1 is 1.26 bits per heavy atom. The molecule has 0 aromatic carbocycles. The fraction of sp³-hybridized carbons (Fsp3) is 0.812. The second kappa shape index (κ2) is 4.93. The van der Waals surface area contributed by atoms with Gasteiger partial charge >= 0.3 is 5.97 Å². The fourth-order valence-corrected chi connectivity index (χ4v) is 4.03. The Bertz CT molecular complexity index is 399. The maximum absolute atomic E-state index is 11.6. The minimum absolute atomic E-state index is 0.0937. The molecule has 3 nitrogen and oxygen atoms in total. The number of hydrogen-bond donors (Lipinski definition) is 0. The first kappa shape index (κ1) is 13.2. The summed E-state index contributed by atoms with van der Waals surface area (Å²) in [6, 6.07) is 0. The van der Waals surface area contributed by atoms with Crippen molar-refractivity contribution in [1.82, 2.24) is 0 Å². The lowest BCUT2D eigenvalue weighted by atomic mass is 9.60. The second-order valence-electron chi connectivity index (χ2n) is 6.75. The molecule has 0 radical (unpaired) electrons. The van der Waals surface area contributed by atoms with Crippen molar-refractivity contribution < 1.29 is 14.3 Å². The molecule has 5 atom stereocenters. The van der Waals surface area contributed by atoms with Crippen LogP contribution in [0.2, 0.25) is 0 Å². The third-order valence-corrected chi connectivity index (χ3v) is 4.74. The summed E-state index contributed by atoms with van der Waals surface area (Å²) in [7, 11) is 0. The van der Waals surface area contributed by atoms with Gasteiger partial charge in [0.25, 0.3) is 0 Å². The van der Waals surface area contributed by atoms with E-state index in [1.165, 1.54) is 31.3 Å². The molecule has 0 aromatic heterocycles. The van der Waals surface area contributed by atoms with Gasteiger partial charge in [0.05, 0.1) is 12.0 Å². The number of carbonyl (C=O) groups is 1. The predicted molar refractivity (Wildman–Crippen MR) is 72.3 cm³/mol. The zero-order chi connectivity index (χ0) is 13.6. The third-order valence-electron chi connectivity index (χ3n) is 4.74. The van der Waals surface area contributed by atoms with Crippen LogP contribution in [0.4, 0.5) is 0 Å². The number of hydrogen-bond acceptors (Lipinski definition) is 3. The normalized spacial score (nSPS) is 37.4. The van der Waals surface area contributed by atoms with Crippen molar-refractivity contribution >= 4 is 5.97 Å². The Kier molecular flexibility index (Phi) is 3.42. The monoisotopic (exact) mass is 264 g/mol. The Morgan fingerprint density at radius 2 is 2.05 bits per heavy atom. The van der Waals surface area contributed by atoms with Crippen molar-refractivity contribution in [3.05, 3.63) is 11.6 Å². The van der Waals surface area contributed by atoms with Gasteiger partial charge in [-0.3, -0.25) is 4.79 Å². The topological polar surface area (TPSA) is 35.5 Å². The molecular weight excluding hydrogens is 240 g/mol.